The third kappa shape index (κ3) is 3.39. The van der Waals surface area contributed by atoms with Crippen LogP contribution in [-0.2, 0) is 4.74 Å². The highest BCUT2D eigenvalue weighted by atomic mass is 32.1. The van der Waals surface area contributed by atoms with Crippen LogP contribution in [0.25, 0.3) is 16.0 Å². The summed E-state index contributed by atoms with van der Waals surface area (Å²) in [5.41, 5.74) is -0.442. The van der Waals surface area contributed by atoms with Gasteiger partial charge in [0.15, 0.2) is 17.3 Å². The molecule has 0 saturated heterocycles. The van der Waals surface area contributed by atoms with E-state index in [0.717, 1.165) is 25.7 Å². The minimum Gasteiger partial charge on any atom is -0.504 e. The third-order valence-corrected chi connectivity index (χ3v) is 5.48. The summed E-state index contributed by atoms with van der Waals surface area (Å²) in [6, 6.07) is 3.44. The van der Waals surface area contributed by atoms with E-state index in [-0.39, 0.29) is 28.6 Å². The van der Waals surface area contributed by atoms with Gasteiger partial charge in [-0.2, -0.15) is 0 Å². The maximum absolute atomic E-state index is 12.0. The van der Waals surface area contributed by atoms with Gasteiger partial charge in [-0.15, -0.1) is 11.3 Å². The van der Waals surface area contributed by atoms with Gasteiger partial charge in [0, 0.05) is 9.75 Å². The lowest BCUT2D eigenvalue weighted by Crippen LogP contribution is -2.34. The van der Waals surface area contributed by atoms with Gasteiger partial charge in [-0.25, -0.2) is 0 Å². The number of aliphatic hydroxyl groups is 2. The SMILES string of the molecule is CCCCOC1=C(c2ccc(-c3c(OCCCC)c(=O)c3=O)s2)C(O)=C1O. The van der Waals surface area contributed by atoms with Gasteiger partial charge in [0.05, 0.1) is 24.4 Å². The first-order valence-electron chi connectivity index (χ1n) is 9.07. The van der Waals surface area contributed by atoms with Crippen LogP contribution in [0.5, 0.6) is 5.75 Å². The van der Waals surface area contributed by atoms with Crippen molar-refractivity contribution in [3.8, 4) is 16.2 Å². The molecule has 1 aromatic heterocycles. The topological polar surface area (TPSA) is 93.1 Å². The molecule has 0 aliphatic heterocycles. The molecule has 0 atom stereocenters. The largest absolute Gasteiger partial charge is 0.504 e. The van der Waals surface area contributed by atoms with Crippen LogP contribution in [0.1, 0.15) is 44.4 Å². The van der Waals surface area contributed by atoms with Crippen molar-refractivity contribution in [3.05, 3.63) is 54.7 Å². The van der Waals surface area contributed by atoms with Crippen molar-refractivity contribution in [2.75, 3.05) is 13.2 Å². The minimum absolute atomic E-state index is 0.117. The Labute approximate surface area is 160 Å². The van der Waals surface area contributed by atoms with E-state index < -0.39 is 10.9 Å². The van der Waals surface area contributed by atoms with Crippen LogP contribution in [0.3, 0.4) is 0 Å². The van der Waals surface area contributed by atoms with Gasteiger partial charge in [-0.05, 0) is 25.0 Å². The lowest BCUT2D eigenvalue weighted by atomic mass is 9.99. The van der Waals surface area contributed by atoms with Crippen LogP contribution in [-0.4, -0.2) is 23.4 Å². The van der Waals surface area contributed by atoms with Crippen LogP contribution >= 0.6 is 11.3 Å². The van der Waals surface area contributed by atoms with Gasteiger partial charge < -0.3 is 19.7 Å². The van der Waals surface area contributed by atoms with Gasteiger partial charge in [0.25, 0.3) is 5.43 Å². The predicted octanol–water partition coefficient (Wildman–Crippen LogP) is 4.06. The highest BCUT2D eigenvalue weighted by Crippen LogP contribution is 2.44. The lowest BCUT2D eigenvalue weighted by molar-refractivity contribution is 0.174. The molecule has 1 heterocycles. The molecule has 2 N–H and O–H groups in total. The monoisotopic (exact) mass is 390 g/mol. The molecule has 27 heavy (non-hydrogen) atoms. The molecule has 0 fully saturated rings. The Kier molecular flexibility index (Phi) is 5.70. The van der Waals surface area contributed by atoms with Crippen LogP contribution in [0.2, 0.25) is 0 Å². The fourth-order valence-corrected chi connectivity index (χ4v) is 3.82. The van der Waals surface area contributed by atoms with E-state index in [0.29, 0.717) is 28.5 Å². The first-order valence-corrected chi connectivity index (χ1v) is 9.89. The summed E-state index contributed by atoms with van der Waals surface area (Å²) in [6.45, 7) is 4.88. The zero-order valence-corrected chi connectivity index (χ0v) is 16.1. The Balaban J connectivity index is 1.84. The van der Waals surface area contributed by atoms with Gasteiger partial charge in [-0.3, -0.25) is 9.59 Å². The minimum atomic E-state index is -0.595. The normalized spacial score (nSPS) is 14.0. The maximum atomic E-state index is 12.0. The van der Waals surface area contributed by atoms with E-state index in [2.05, 4.69) is 0 Å². The molecule has 0 unspecified atom stereocenters. The molecule has 7 heteroatoms. The molecule has 2 aromatic rings. The molecule has 144 valence electrons. The van der Waals surface area contributed by atoms with E-state index in [1.807, 2.05) is 13.8 Å². The highest BCUT2D eigenvalue weighted by Gasteiger charge is 2.34. The molecule has 6 nitrogen and oxygen atoms in total. The summed E-state index contributed by atoms with van der Waals surface area (Å²) >= 11 is 1.24. The molecule has 0 amide bonds. The first kappa shape index (κ1) is 19.2. The highest BCUT2D eigenvalue weighted by molar-refractivity contribution is 7.16. The number of ether oxygens (including phenoxy) is 2. The van der Waals surface area contributed by atoms with Crippen LogP contribution < -0.4 is 15.6 Å². The number of hydrogen-bond acceptors (Lipinski definition) is 7. The smallest absolute Gasteiger partial charge is 0.269 e. The van der Waals surface area contributed by atoms with Gasteiger partial charge in [0.2, 0.25) is 11.2 Å². The second kappa shape index (κ2) is 8.00. The molecule has 1 aliphatic rings. The maximum Gasteiger partial charge on any atom is 0.269 e. The van der Waals surface area contributed by atoms with Crippen LogP contribution in [0, 0.1) is 0 Å². The molecule has 1 aromatic carbocycles. The van der Waals surface area contributed by atoms with Crippen molar-refractivity contribution in [3.63, 3.8) is 0 Å². The molecule has 3 rings (SSSR count). The van der Waals surface area contributed by atoms with Crippen molar-refractivity contribution >= 4 is 16.9 Å². The Bertz CT molecular complexity index is 971. The summed E-state index contributed by atoms with van der Waals surface area (Å²) in [5.74, 6) is -0.0988. The summed E-state index contributed by atoms with van der Waals surface area (Å²) in [6.07, 6.45) is 3.52. The van der Waals surface area contributed by atoms with Crippen LogP contribution in [0.4, 0.5) is 0 Å². The van der Waals surface area contributed by atoms with E-state index in [4.69, 9.17) is 9.47 Å². The third-order valence-electron chi connectivity index (χ3n) is 4.36. The fourth-order valence-electron chi connectivity index (χ4n) is 2.73. The van der Waals surface area contributed by atoms with E-state index >= 15 is 0 Å². The molecular weight excluding hydrogens is 368 g/mol. The Morgan fingerprint density at radius 3 is 2.19 bits per heavy atom. The average Bonchev–Trinajstić information content (AvgIpc) is 3.13. The van der Waals surface area contributed by atoms with E-state index in [9.17, 15) is 19.8 Å². The molecule has 0 saturated carbocycles. The lowest BCUT2D eigenvalue weighted by Gasteiger charge is -2.22. The van der Waals surface area contributed by atoms with Gasteiger partial charge in [0.1, 0.15) is 0 Å². The number of hydrogen-bond donors (Lipinski definition) is 2. The summed E-state index contributed by atoms with van der Waals surface area (Å²) in [5, 5.41) is 19.8. The van der Waals surface area contributed by atoms with Crippen molar-refractivity contribution in [2.45, 2.75) is 39.5 Å². The van der Waals surface area contributed by atoms with E-state index in [1.165, 1.54) is 11.3 Å². The van der Waals surface area contributed by atoms with Crippen molar-refractivity contribution in [1.29, 1.82) is 0 Å². The summed E-state index contributed by atoms with van der Waals surface area (Å²) in [7, 11) is 0. The number of thiophene rings is 1. The van der Waals surface area contributed by atoms with Crippen molar-refractivity contribution < 1.29 is 19.7 Å². The van der Waals surface area contributed by atoms with Crippen molar-refractivity contribution in [2.24, 2.45) is 0 Å². The first-order chi connectivity index (χ1) is 13.0. The number of allylic oxidation sites excluding steroid dienone is 1. The average molecular weight is 390 g/mol. The zero-order valence-electron chi connectivity index (χ0n) is 15.3. The van der Waals surface area contributed by atoms with Gasteiger partial charge in [-0.1, -0.05) is 26.7 Å². The van der Waals surface area contributed by atoms with Gasteiger partial charge >= 0.3 is 0 Å². The fraction of sp³-hybridized carbons (Fsp3) is 0.400. The molecular formula is C20H22O6S. The Morgan fingerprint density at radius 2 is 1.52 bits per heavy atom. The summed E-state index contributed by atoms with van der Waals surface area (Å²) in [4.78, 5) is 25.1. The number of aliphatic hydroxyl groups excluding tert-OH is 2. The summed E-state index contributed by atoms with van der Waals surface area (Å²) < 4.78 is 11.0. The van der Waals surface area contributed by atoms with Crippen molar-refractivity contribution in [1.82, 2.24) is 0 Å². The van der Waals surface area contributed by atoms with Crippen LogP contribution in [0.15, 0.2) is 39.0 Å². The number of rotatable bonds is 10. The number of unbranched alkanes of at least 4 members (excludes halogenated alkanes) is 2. The molecule has 1 aliphatic carbocycles. The second-order valence-electron chi connectivity index (χ2n) is 6.33. The standard InChI is InChI=1S/C20H22O6S/c1-3-5-9-25-19-13(15(21)17(19)23)11-7-8-12(27-11)14-16(22)18(24)20(14)26-10-6-4-2/h7-8,21,23H,3-6,9-10H2,1-2H3. The second-order valence-corrected chi connectivity index (χ2v) is 7.42. The molecule has 0 spiro atoms. The molecule has 0 radical (unpaired) electrons. The Hall–Kier alpha value is -2.54. The Morgan fingerprint density at radius 1 is 0.889 bits per heavy atom. The zero-order chi connectivity index (χ0) is 19.6. The molecule has 0 bridgehead atoms. The quantitative estimate of drug-likeness (QED) is 0.469. The predicted molar refractivity (Wildman–Crippen MR) is 105 cm³/mol. The van der Waals surface area contributed by atoms with E-state index in [1.54, 1.807) is 12.1 Å².